The van der Waals surface area contributed by atoms with Crippen LogP contribution in [0.15, 0.2) is 18.2 Å². The Kier molecular flexibility index (Phi) is 4.40. The molecule has 0 heterocycles. The fourth-order valence-corrected chi connectivity index (χ4v) is 2.39. The van der Waals surface area contributed by atoms with Crippen LogP contribution in [0.1, 0.15) is 38.2 Å². The summed E-state index contributed by atoms with van der Waals surface area (Å²) in [6.45, 7) is 3.51. The molecule has 0 radical (unpaired) electrons. The summed E-state index contributed by atoms with van der Waals surface area (Å²) in [6, 6.07) is 4.88. The van der Waals surface area contributed by atoms with E-state index >= 15 is 0 Å². The summed E-state index contributed by atoms with van der Waals surface area (Å²) in [5.41, 5.74) is 1.24. The van der Waals surface area contributed by atoms with Gasteiger partial charge in [-0.3, -0.25) is 4.79 Å². The predicted molar refractivity (Wildman–Crippen MR) is 74.6 cm³/mol. The van der Waals surface area contributed by atoms with Gasteiger partial charge in [0.2, 0.25) is 5.91 Å². The number of anilines is 1. The van der Waals surface area contributed by atoms with Gasteiger partial charge in [0.15, 0.2) is 0 Å². The SMILES string of the molecule is Cc1ccc(NC(C)C(=O)NC2CCCC2)cc1F. The fourth-order valence-electron chi connectivity index (χ4n) is 2.39. The molecular formula is C15H21FN2O. The minimum Gasteiger partial charge on any atom is -0.374 e. The van der Waals surface area contributed by atoms with Gasteiger partial charge in [-0.15, -0.1) is 0 Å². The topological polar surface area (TPSA) is 41.1 Å². The first-order valence-electron chi connectivity index (χ1n) is 6.89. The van der Waals surface area contributed by atoms with E-state index in [0.29, 0.717) is 17.3 Å². The average molecular weight is 264 g/mol. The molecule has 1 aliphatic carbocycles. The van der Waals surface area contributed by atoms with Crippen molar-refractivity contribution in [2.75, 3.05) is 5.32 Å². The molecule has 0 aliphatic heterocycles. The number of rotatable bonds is 4. The fraction of sp³-hybridized carbons (Fsp3) is 0.533. The van der Waals surface area contributed by atoms with Crippen LogP contribution in [0.2, 0.25) is 0 Å². The summed E-state index contributed by atoms with van der Waals surface area (Å²) in [7, 11) is 0. The van der Waals surface area contributed by atoms with Crippen LogP contribution in [0, 0.1) is 12.7 Å². The van der Waals surface area contributed by atoms with Gasteiger partial charge < -0.3 is 10.6 Å². The quantitative estimate of drug-likeness (QED) is 0.877. The molecule has 1 aliphatic rings. The largest absolute Gasteiger partial charge is 0.374 e. The maximum Gasteiger partial charge on any atom is 0.242 e. The van der Waals surface area contributed by atoms with Crippen molar-refractivity contribution in [3.8, 4) is 0 Å². The lowest BCUT2D eigenvalue weighted by molar-refractivity contribution is -0.122. The third kappa shape index (κ3) is 3.69. The van der Waals surface area contributed by atoms with Crippen molar-refractivity contribution < 1.29 is 9.18 Å². The summed E-state index contributed by atoms with van der Waals surface area (Å²) < 4.78 is 13.4. The van der Waals surface area contributed by atoms with E-state index in [1.165, 1.54) is 18.9 Å². The zero-order valence-electron chi connectivity index (χ0n) is 11.5. The highest BCUT2D eigenvalue weighted by Gasteiger charge is 2.20. The normalized spacial score (nSPS) is 17.2. The molecule has 1 fully saturated rings. The number of nitrogens with one attached hydrogen (secondary N) is 2. The third-order valence-corrected chi connectivity index (χ3v) is 3.65. The molecule has 1 atom stereocenters. The van der Waals surface area contributed by atoms with E-state index in [0.717, 1.165) is 12.8 Å². The zero-order valence-corrected chi connectivity index (χ0v) is 11.5. The molecule has 1 aromatic rings. The van der Waals surface area contributed by atoms with E-state index < -0.39 is 0 Å². The van der Waals surface area contributed by atoms with Gasteiger partial charge >= 0.3 is 0 Å². The average Bonchev–Trinajstić information content (AvgIpc) is 2.86. The molecule has 0 bridgehead atoms. The van der Waals surface area contributed by atoms with Crippen molar-refractivity contribution in [1.29, 1.82) is 0 Å². The van der Waals surface area contributed by atoms with Crippen LogP contribution >= 0.6 is 0 Å². The molecular weight excluding hydrogens is 243 g/mol. The number of hydrogen-bond donors (Lipinski definition) is 2. The lowest BCUT2D eigenvalue weighted by atomic mass is 10.2. The van der Waals surface area contributed by atoms with Gasteiger partial charge in [0.1, 0.15) is 11.9 Å². The van der Waals surface area contributed by atoms with E-state index in [4.69, 9.17) is 0 Å². The molecule has 1 saturated carbocycles. The van der Waals surface area contributed by atoms with Gasteiger partial charge in [-0.25, -0.2) is 4.39 Å². The molecule has 3 nitrogen and oxygen atoms in total. The third-order valence-electron chi connectivity index (χ3n) is 3.65. The Morgan fingerprint density at radius 1 is 1.37 bits per heavy atom. The van der Waals surface area contributed by atoms with Gasteiger partial charge in [-0.1, -0.05) is 18.9 Å². The maximum atomic E-state index is 13.4. The Hall–Kier alpha value is -1.58. The Morgan fingerprint density at radius 2 is 2.05 bits per heavy atom. The molecule has 2 N–H and O–H groups in total. The molecule has 0 saturated heterocycles. The van der Waals surface area contributed by atoms with E-state index in [9.17, 15) is 9.18 Å². The lowest BCUT2D eigenvalue weighted by Crippen LogP contribution is -2.42. The summed E-state index contributed by atoms with van der Waals surface area (Å²) in [5.74, 6) is -0.277. The molecule has 1 amide bonds. The second kappa shape index (κ2) is 6.04. The van der Waals surface area contributed by atoms with E-state index in [2.05, 4.69) is 10.6 Å². The summed E-state index contributed by atoms with van der Waals surface area (Å²) in [6.07, 6.45) is 4.51. The van der Waals surface area contributed by atoms with Crippen LogP contribution in [0.4, 0.5) is 10.1 Å². The molecule has 1 unspecified atom stereocenters. The molecule has 104 valence electrons. The summed E-state index contributed by atoms with van der Waals surface area (Å²) in [5, 5.41) is 6.06. The first kappa shape index (κ1) is 13.8. The van der Waals surface area contributed by atoms with Gasteiger partial charge in [-0.05, 0) is 44.4 Å². The van der Waals surface area contributed by atoms with E-state index in [1.54, 1.807) is 26.0 Å². The Bertz CT molecular complexity index is 455. The standard InChI is InChI=1S/C15H21FN2O/c1-10-7-8-13(9-14(10)16)17-11(2)15(19)18-12-5-3-4-6-12/h7-9,11-12,17H,3-6H2,1-2H3,(H,18,19). The van der Waals surface area contributed by atoms with Gasteiger partial charge in [0, 0.05) is 11.7 Å². The second-order valence-electron chi connectivity index (χ2n) is 5.32. The summed E-state index contributed by atoms with van der Waals surface area (Å²) in [4.78, 5) is 12.0. The maximum absolute atomic E-state index is 13.4. The number of halogens is 1. The van der Waals surface area contributed by atoms with Crippen LogP contribution < -0.4 is 10.6 Å². The number of aryl methyl sites for hydroxylation is 1. The minimum atomic E-state index is -0.359. The van der Waals surface area contributed by atoms with Crippen LogP contribution in [0.5, 0.6) is 0 Å². The highest BCUT2D eigenvalue weighted by molar-refractivity contribution is 5.84. The van der Waals surface area contributed by atoms with Crippen molar-refractivity contribution in [3.05, 3.63) is 29.6 Å². The monoisotopic (exact) mass is 264 g/mol. The lowest BCUT2D eigenvalue weighted by Gasteiger charge is -2.18. The van der Waals surface area contributed by atoms with Gasteiger partial charge in [-0.2, -0.15) is 0 Å². The van der Waals surface area contributed by atoms with E-state index in [-0.39, 0.29) is 17.8 Å². The molecule has 0 aromatic heterocycles. The highest BCUT2D eigenvalue weighted by atomic mass is 19.1. The van der Waals surface area contributed by atoms with Crippen molar-refractivity contribution in [2.24, 2.45) is 0 Å². The predicted octanol–water partition coefficient (Wildman–Crippen LogP) is 2.99. The number of benzene rings is 1. The van der Waals surface area contributed by atoms with E-state index in [1.807, 2.05) is 0 Å². The summed E-state index contributed by atoms with van der Waals surface area (Å²) >= 11 is 0. The number of carbonyl (C=O) groups is 1. The van der Waals surface area contributed by atoms with Crippen molar-refractivity contribution in [2.45, 2.75) is 51.6 Å². The minimum absolute atomic E-state index is 0.0205. The van der Waals surface area contributed by atoms with Crippen LogP contribution in [0.3, 0.4) is 0 Å². The van der Waals surface area contributed by atoms with Crippen LogP contribution in [-0.2, 0) is 4.79 Å². The van der Waals surface area contributed by atoms with Gasteiger partial charge in [0.25, 0.3) is 0 Å². The molecule has 19 heavy (non-hydrogen) atoms. The Balaban J connectivity index is 1.90. The first-order valence-corrected chi connectivity index (χ1v) is 6.89. The first-order chi connectivity index (χ1) is 9.06. The van der Waals surface area contributed by atoms with Crippen molar-refractivity contribution in [1.82, 2.24) is 5.32 Å². The number of amides is 1. The van der Waals surface area contributed by atoms with Gasteiger partial charge in [0.05, 0.1) is 0 Å². The molecule has 2 rings (SSSR count). The number of carbonyl (C=O) groups excluding carboxylic acids is 1. The smallest absolute Gasteiger partial charge is 0.242 e. The van der Waals surface area contributed by atoms with Crippen molar-refractivity contribution >= 4 is 11.6 Å². The Labute approximate surface area is 113 Å². The molecule has 0 spiro atoms. The number of hydrogen-bond acceptors (Lipinski definition) is 2. The zero-order chi connectivity index (χ0) is 13.8. The van der Waals surface area contributed by atoms with Crippen LogP contribution in [0.25, 0.3) is 0 Å². The second-order valence-corrected chi connectivity index (χ2v) is 5.32. The highest BCUT2D eigenvalue weighted by Crippen LogP contribution is 2.18. The molecule has 1 aromatic carbocycles. The van der Waals surface area contributed by atoms with Crippen LogP contribution in [-0.4, -0.2) is 18.0 Å². The van der Waals surface area contributed by atoms with Crippen molar-refractivity contribution in [3.63, 3.8) is 0 Å². The Morgan fingerprint density at radius 3 is 2.68 bits per heavy atom. The molecule has 4 heteroatoms.